The second kappa shape index (κ2) is 6.30. The van der Waals surface area contributed by atoms with E-state index in [0.717, 1.165) is 28.4 Å². The lowest BCUT2D eigenvalue weighted by atomic mass is 10.1. The zero-order chi connectivity index (χ0) is 13.8. The van der Waals surface area contributed by atoms with Crippen molar-refractivity contribution in [3.63, 3.8) is 0 Å². The summed E-state index contributed by atoms with van der Waals surface area (Å²) in [4.78, 5) is 16.5. The smallest absolute Gasteiger partial charge is 0.153 e. The van der Waals surface area contributed by atoms with Crippen LogP contribution < -0.4 is 4.74 Å². The summed E-state index contributed by atoms with van der Waals surface area (Å²) in [5.74, 6) is 0.667. The molecule has 0 bridgehead atoms. The molecule has 0 atom stereocenters. The Balaban J connectivity index is 2.07. The molecule has 0 amide bonds. The van der Waals surface area contributed by atoms with Crippen molar-refractivity contribution in [3.8, 4) is 5.75 Å². The number of ether oxygens (including phenoxy) is 1. The molecule has 1 aromatic carbocycles. The molecule has 3 nitrogen and oxygen atoms in total. The zero-order valence-electron chi connectivity index (χ0n) is 10.8. The number of carbonyl (C=O) groups excluding carboxylic acids is 1. The van der Waals surface area contributed by atoms with Crippen molar-refractivity contribution < 1.29 is 9.53 Å². The van der Waals surface area contributed by atoms with Crippen LogP contribution in [0.3, 0.4) is 0 Å². The van der Waals surface area contributed by atoms with Crippen LogP contribution in [0.15, 0.2) is 22.1 Å². The molecule has 0 aliphatic heterocycles. The summed E-state index contributed by atoms with van der Waals surface area (Å²) in [6, 6.07) is 3.72. The molecule has 0 saturated heterocycles. The second-order valence-corrected chi connectivity index (χ2v) is 6.07. The lowest BCUT2D eigenvalue weighted by Crippen LogP contribution is -2.04. The maximum absolute atomic E-state index is 11.1. The summed E-state index contributed by atoms with van der Waals surface area (Å²) in [5.41, 5.74) is 4.42. The van der Waals surface area contributed by atoms with Crippen LogP contribution in [0.25, 0.3) is 0 Å². The number of thiazole rings is 1. The molecule has 0 radical (unpaired) electrons. The van der Waals surface area contributed by atoms with E-state index in [-0.39, 0.29) is 0 Å². The first-order valence-corrected chi connectivity index (χ1v) is 7.56. The first-order valence-electron chi connectivity index (χ1n) is 5.89. The van der Waals surface area contributed by atoms with Gasteiger partial charge in [-0.05, 0) is 31.5 Å². The van der Waals surface area contributed by atoms with Crippen molar-refractivity contribution in [2.45, 2.75) is 20.3 Å². The molecule has 2 aromatic rings. The maximum atomic E-state index is 11.1. The maximum Gasteiger partial charge on any atom is 0.153 e. The fraction of sp³-hybridized carbons (Fsp3) is 0.286. The Kier molecular flexibility index (Phi) is 4.71. The number of aromatic nitrogens is 1. The molecule has 0 unspecified atom stereocenters. The number of nitrogens with zero attached hydrogens (tertiary/aromatic N) is 1. The number of carbonyl (C=O) groups is 1. The predicted octanol–water partition coefficient (Wildman–Crippen LogP) is 3.96. The first kappa shape index (κ1) is 14.2. The molecule has 1 aromatic heterocycles. The fourth-order valence-corrected chi connectivity index (χ4v) is 3.20. The largest absolute Gasteiger partial charge is 0.492 e. The van der Waals surface area contributed by atoms with Gasteiger partial charge in [-0.1, -0.05) is 15.9 Å². The van der Waals surface area contributed by atoms with Gasteiger partial charge in [0.1, 0.15) is 5.75 Å². The average Bonchev–Trinajstić information content (AvgIpc) is 2.77. The average molecular weight is 340 g/mol. The monoisotopic (exact) mass is 339 g/mol. The van der Waals surface area contributed by atoms with Crippen LogP contribution >= 0.6 is 27.3 Å². The standard InChI is InChI=1S/C14H14BrNO2S/c1-9-5-12(15)6-11(7-17)14(9)18-4-3-13-10(2)16-8-19-13/h5-8H,3-4H2,1-2H3. The molecule has 0 fully saturated rings. The molecular weight excluding hydrogens is 326 g/mol. The summed E-state index contributed by atoms with van der Waals surface area (Å²) in [7, 11) is 0. The van der Waals surface area contributed by atoms with E-state index in [9.17, 15) is 4.79 Å². The third kappa shape index (κ3) is 3.42. The van der Waals surface area contributed by atoms with E-state index in [1.54, 1.807) is 17.4 Å². The Morgan fingerprint density at radius 1 is 1.42 bits per heavy atom. The Morgan fingerprint density at radius 2 is 2.21 bits per heavy atom. The van der Waals surface area contributed by atoms with Crippen molar-refractivity contribution in [2.24, 2.45) is 0 Å². The quantitative estimate of drug-likeness (QED) is 0.774. The SMILES string of the molecule is Cc1cc(Br)cc(C=O)c1OCCc1scnc1C. The van der Waals surface area contributed by atoms with E-state index in [1.807, 2.05) is 25.4 Å². The molecule has 0 spiro atoms. The van der Waals surface area contributed by atoms with E-state index in [4.69, 9.17) is 4.74 Å². The van der Waals surface area contributed by atoms with Crippen LogP contribution in [0.1, 0.15) is 26.5 Å². The van der Waals surface area contributed by atoms with Crippen molar-refractivity contribution in [1.82, 2.24) is 4.98 Å². The topological polar surface area (TPSA) is 39.2 Å². The highest BCUT2D eigenvalue weighted by molar-refractivity contribution is 9.10. The number of aryl methyl sites for hydroxylation is 2. The van der Waals surface area contributed by atoms with Crippen LogP contribution in [-0.2, 0) is 6.42 Å². The van der Waals surface area contributed by atoms with Gasteiger partial charge in [0.25, 0.3) is 0 Å². The van der Waals surface area contributed by atoms with Crippen LogP contribution in [0.5, 0.6) is 5.75 Å². The van der Waals surface area contributed by atoms with E-state index < -0.39 is 0 Å². The summed E-state index contributed by atoms with van der Waals surface area (Å²) in [6.07, 6.45) is 1.63. The first-order chi connectivity index (χ1) is 9.11. The number of hydrogen-bond acceptors (Lipinski definition) is 4. The molecule has 0 aliphatic rings. The van der Waals surface area contributed by atoms with Crippen molar-refractivity contribution in [1.29, 1.82) is 0 Å². The van der Waals surface area contributed by atoms with E-state index in [0.29, 0.717) is 17.9 Å². The second-order valence-electron chi connectivity index (χ2n) is 4.22. The van der Waals surface area contributed by atoms with Crippen LogP contribution in [0, 0.1) is 13.8 Å². The Morgan fingerprint density at radius 3 is 2.84 bits per heavy atom. The minimum atomic E-state index is 0.548. The third-order valence-electron chi connectivity index (χ3n) is 2.82. The zero-order valence-corrected chi connectivity index (χ0v) is 13.2. The molecule has 100 valence electrons. The number of benzene rings is 1. The van der Waals surface area contributed by atoms with Gasteiger partial charge in [0, 0.05) is 15.8 Å². The van der Waals surface area contributed by atoms with Gasteiger partial charge in [-0.25, -0.2) is 4.98 Å². The fourth-order valence-electron chi connectivity index (χ4n) is 1.85. The van der Waals surface area contributed by atoms with Crippen LogP contribution in [0.4, 0.5) is 0 Å². The van der Waals surface area contributed by atoms with Gasteiger partial charge in [0.15, 0.2) is 6.29 Å². The highest BCUT2D eigenvalue weighted by atomic mass is 79.9. The van der Waals surface area contributed by atoms with Gasteiger partial charge < -0.3 is 4.74 Å². The van der Waals surface area contributed by atoms with E-state index >= 15 is 0 Å². The van der Waals surface area contributed by atoms with Gasteiger partial charge in [0.05, 0.1) is 23.4 Å². The normalized spacial score (nSPS) is 10.5. The highest BCUT2D eigenvalue weighted by Crippen LogP contribution is 2.27. The van der Waals surface area contributed by atoms with E-state index in [1.165, 1.54) is 4.88 Å². The van der Waals surface area contributed by atoms with Gasteiger partial charge in [0.2, 0.25) is 0 Å². The van der Waals surface area contributed by atoms with E-state index in [2.05, 4.69) is 20.9 Å². The summed E-state index contributed by atoms with van der Waals surface area (Å²) >= 11 is 5.01. The van der Waals surface area contributed by atoms with Crippen LogP contribution in [0.2, 0.25) is 0 Å². The minimum absolute atomic E-state index is 0.548. The summed E-state index contributed by atoms with van der Waals surface area (Å²) < 4.78 is 6.66. The minimum Gasteiger partial charge on any atom is -0.492 e. The molecule has 19 heavy (non-hydrogen) atoms. The van der Waals surface area contributed by atoms with Crippen molar-refractivity contribution in [2.75, 3.05) is 6.61 Å². The number of hydrogen-bond donors (Lipinski definition) is 0. The van der Waals surface area contributed by atoms with Gasteiger partial charge >= 0.3 is 0 Å². The molecule has 0 aliphatic carbocycles. The Labute approximate surface area is 124 Å². The third-order valence-corrected chi connectivity index (χ3v) is 4.27. The Hall–Kier alpha value is -1.20. The molecular formula is C14H14BrNO2S. The lowest BCUT2D eigenvalue weighted by Gasteiger charge is -2.11. The lowest BCUT2D eigenvalue weighted by molar-refractivity contribution is 0.111. The molecule has 0 saturated carbocycles. The molecule has 0 N–H and O–H groups in total. The number of rotatable bonds is 5. The molecule has 2 rings (SSSR count). The van der Waals surface area contributed by atoms with Gasteiger partial charge in [-0.15, -0.1) is 11.3 Å². The predicted molar refractivity (Wildman–Crippen MR) is 80.3 cm³/mol. The number of halogens is 1. The van der Waals surface area contributed by atoms with Crippen molar-refractivity contribution in [3.05, 3.63) is 43.8 Å². The van der Waals surface area contributed by atoms with Gasteiger partial charge in [-0.3, -0.25) is 4.79 Å². The van der Waals surface area contributed by atoms with Gasteiger partial charge in [-0.2, -0.15) is 0 Å². The molecule has 1 heterocycles. The number of aldehydes is 1. The highest BCUT2D eigenvalue weighted by Gasteiger charge is 2.09. The summed E-state index contributed by atoms with van der Waals surface area (Å²) in [6.45, 7) is 4.48. The molecule has 5 heteroatoms. The van der Waals surface area contributed by atoms with Crippen molar-refractivity contribution >= 4 is 33.6 Å². The van der Waals surface area contributed by atoms with Crippen LogP contribution in [-0.4, -0.2) is 17.9 Å². The summed E-state index contributed by atoms with van der Waals surface area (Å²) in [5, 5.41) is 0. The Bertz CT molecular complexity index is 595.